The van der Waals surface area contributed by atoms with E-state index in [-0.39, 0.29) is 17.0 Å². The Balaban J connectivity index is 2.37. The molecule has 1 rings (SSSR count). The SMILES string of the molecule is CCOC(=O)[C@@H]1CSC(=O)C1. The molecule has 1 aliphatic rings. The van der Waals surface area contributed by atoms with Gasteiger partial charge >= 0.3 is 5.97 Å². The van der Waals surface area contributed by atoms with Gasteiger partial charge in [-0.25, -0.2) is 0 Å². The summed E-state index contributed by atoms with van der Waals surface area (Å²) >= 11 is 1.22. The Morgan fingerprint density at radius 3 is 3.00 bits per heavy atom. The largest absolute Gasteiger partial charge is 0.466 e. The van der Waals surface area contributed by atoms with Gasteiger partial charge in [0.1, 0.15) is 0 Å². The number of hydrogen-bond acceptors (Lipinski definition) is 4. The van der Waals surface area contributed by atoms with Crippen LogP contribution in [0.4, 0.5) is 0 Å². The lowest BCUT2D eigenvalue weighted by Gasteiger charge is -2.04. The standard InChI is InChI=1S/C7H10O3S/c1-2-10-7(9)5-3-6(8)11-4-5/h5H,2-4H2,1H3/t5-/m0/s1. The zero-order chi connectivity index (χ0) is 8.27. The maximum absolute atomic E-state index is 11.0. The van der Waals surface area contributed by atoms with E-state index >= 15 is 0 Å². The molecule has 0 bridgehead atoms. The van der Waals surface area contributed by atoms with Crippen molar-refractivity contribution in [2.45, 2.75) is 13.3 Å². The van der Waals surface area contributed by atoms with Crippen LogP contribution in [0.15, 0.2) is 0 Å². The molecular weight excluding hydrogens is 164 g/mol. The van der Waals surface area contributed by atoms with Crippen LogP contribution in [-0.4, -0.2) is 23.4 Å². The van der Waals surface area contributed by atoms with E-state index in [9.17, 15) is 9.59 Å². The van der Waals surface area contributed by atoms with Crippen LogP contribution in [-0.2, 0) is 14.3 Å². The smallest absolute Gasteiger partial charge is 0.310 e. The first kappa shape index (κ1) is 8.59. The summed E-state index contributed by atoms with van der Waals surface area (Å²) in [5.41, 5.74) is 0. The van der Waals surface area contributed by atoms with Crippen LogP contribution >= 0.6 is 11.8 Å². The summed E-state index contributed by atoms with van der Waals surface area (Å²) in [7, 11) is 0. The maximum atomic E-state index is 11.0. The Morgan fingerprint density at radius 2 is 2.55 bits per heavy atom. The minimum atomic E-state index is -0.231. The summed E-state index contributed by atoms with van der Waals surface area (Å²) < 4.78 is 4.77. The molecule has 4 heteroatoms. The van der Waals surface area contributed by atoms with Crippen LogP contribution in [0, 0.1) is 5.92 Å². The molecule has 0 radical (unpaired) electrons. The molecule has 3 nitrogen and oxygen atoms in total. The Labute approximate surface area is 69.5 Å². The fourth-order valence-corrected chi connectivity index (χ4v) is 1.88. The molecule has 0 aromatic carbocycles. The molecule has 0 unspecified atom stereocenters. The predicted octanol–water partition coefficient (Wildman–Crippen LogP) is 0.829. The van der Waals surface area contributed by atoms with Gasteiger partial charge in [-0.2, -0.15) is 0 Å². The van der Waals surface area contributed by atoms with Gasteiger partial charge in [0.15, 0.2) is 5.12 Å². The van der Waals surface area contributed by atoms with Crippen LogP contribution in [0.1, 0.15) is 13.3 Å². The fourth-order valence-electron chi connectivity index (χ4n) is 0.924. The van der Waals surface area contributed by atoms with Gasteiger partial charge < -0.3 is 4.74 Å². The minimum Gasteiger partial charge on any atom is -0.466 e. The number of rotatable bonds is 2. The summed E-state index contributed by atoms with van der Waals surface area (Å²) in [6, 6.07) is 0. The molecule has 0 amide bonds. The van der Waals surface area contributed by atoms with Crippen molar-refractivity contribution < 1.29 is 14.3 Å². The summed E-state index contributed by atoms with van der Waals surface area (Å²) in [4.78, 5) is 21.7. The lowest BCUT2D eigenvalue weighted by Crippen LogP contribution is -2.17. The van der Waals surface area contributed by atoms with Gasteiger partial charge in [-0.05, 0) is 6.92 Å². The van der Waals surface area contributed by atoms with Gasteiger partial charge in [-0.15, -0.1) is 0 Å². The molecule has 0 saturated carbocycles. The minimum absolute atomic E-state index is 0.100. The number of hydrogen-bond donors (Lipinski definition) is 0. The summed E-state index contributed by atoms with van der Waals surface area (Å²) in [6.07, 6.45) is 0.351. The quantitative estimate of drug-likeness (QED) is 0.581. The highest BCUT2D eigenvalue weighted by Crippen LogP contribution is 2.25. The Kier molecular flexibility index (Phi) is 2.93. The zero-order valence-electron chi connectivity index (χ0n) is 6.33. The average Bonchev–Trinajstić information content (AvgIpc) is 2.36. The number of ether oxygens (including phenoxy) is 1. The third kappa shape index (κ3) is 2.22. The zero-order valence-corrected chi connectivity index (χ0v) is 7.15. The van der Waals surface area contributed by atoms with E-state index in [1.165, 1.54) is 11.8 Å². The second kappa shape index (κ2) is 3.76. The second-order valence-electron chi connectivity index (χ2n) is 2.34. The molecule has 0 spiro atoms. The molecule has 11 heavy (non-hydrogen) atoms. The van der Waals surface area contributed by atoms with E-state index in [1.54, 1.807) is 6.92 Å². The van der Waals surface area contributed by atoms with Crippen molar-refractivity contribution >= 4 is 22.8 Å². The summed E-state index contributed by atoms with van der Waals surface area (Å²) in [5.74, 6) is 0.177. The third-order valence-electron chi connectivity index (χ3n) is 1.48. The summed E-state index contributed by atoms with van der Waals surface area (Å²) in [6.45, 7) is 2.16. The molecule has 0 aromatic rings. The van der Waals surface area contributed by atoms with Crippen molar-refractivity contribution in [3.05, 3.63) is 0 Å². The van der Waals surface area contributed by atoms with E-state index in [0.29, 0.717) is 18.8 Å². The highest BCUT2D eigenvalue weighted by molar-refractivity contribution is 8.14. The van der Waals surface area contributed by atoms with Crippen molar-refractivity contribution in [1.82, 2.24) is 0 Å². The first-order valence-electron chi connectivity index (χ1n) is 3.56. The van der Waals surface area contributed by atoms with E-state index in [4.69, 9.17) is 4.74 Å². The summed E-state index contributed by atoms with van der Waals surface area (Å²) in [5, 5.41) is 0.100. The highest BCUT2D eigenvalue weighted by atomic mass is 32.2. The van der Waals surface area contributed by atoms with Crippen molar-refractivity contribution in [2.75, 3.05) is 12.4 Å². The molecular formula is C7H10O3S. The molecule has 1 saturated heterocycles. The molecule has 0 N–H and O–H groups in total. The molecule has 0 aliphatic carbocycles. The Bertz CT molecular complexity index is 179. The maximum Gasteiger partial charge on any atom is 0.310 e. The number of thioether (sulfide) groups is 1. The van der Waals surface area contributed by atoms with Crippen LogP contribution in [0.25, 0.3) is 0 Å². The van der Waals surface area contributed by atoms with Gasteiger partial charge in [-0.3, -0.25) is 9.59 Å². The monoisotopic (exact) mass is 174 g/mol. The van der Waals surface area contributed by atoms with Gasteiger partial charge in [0, 0.05) is 12.2 Å². The van der Waals surface area contributed by atoms with Crippen LogP contribution in [0.5, 0.6) is 0 Å². The van der Waals surface area contributed by atoms with Gasteiger partial charge in [0.25, 0.3) is 0 Å². The van der Waals surface area contributed by atoms with Gasteiger partial charge in [0.05, 0.1) is 12.5 Å². The first-order chi connectivity index (χ1) is 5.24. The topological polar surface area (TPSA) is 43.4 Å². The van der Waals surface area contributed by atoms with Crippen molar-refractivity contribution in [3.8, 4) is 0 Å². The normalized spacial score (nSPS) is 23.7. The number of carbonyl (C=O) groups excluding carboxylic acids is 2. The molecule has 62 valence electrons. The third-order valence-corrected chi connectivity index (χ3v) is 2.54. The number of esters is 1. The Morgan fingerprint density at radius 1 is 1.82 bits per heavy atom. The predicted molar refractivity (Wildman–Crippen MR) is 42.2 cm³/mol. The first-order valence-corrected chi connectivity index (χ1v) is 4.55. The van der Waals surface area contributed by atoms with Crippen molar-refractivity contribution in [3.63, 3.8) is 0 Å². The van der Waals surface area contributed by atoms with Crippen LogP contribution in [0.2, 0.25) is 0 Å². The van der Waals surface area contributed by atoms with Crippen molar-refractivity contribution in [2.24, 2.45) is 5.92 Å². The van der Waals surface area contributed by atoms with E-state index in [1.807, 2.05) is 0 Å². The average molecular weight is 174 g/mol. The van der Waals surface area contributed by atoms with Gasteiger partial charge in [-0.1, -0.05) is 11.8 Å². The highest BCUT2D eigenvalue weighted by Gasteiger charge is 2.29. The van der Waals surface area contributed by atoms with E-state index in [0.717, 1.165) is 0 Å². The van der Waals surface area contributed by atoms with Crippen LogP contribution in [0.3, 0.4) is 0 Å². The number of carbonyl (C=O) groups is 2. The lowest BCUT2D eigenvalue weighted by atomic mass is 10.1. The van der Waals surface area contributed by atoms with Crippen molar-refractivity contribution in [1.29, 1.82) is 0 Å². The lowest BCUT2D eigenvalue weighted by molar-refractivity contribution is -0.147. The molecule has 0 aromatic heterocycles. The van der Waals surface area contributed by atoms with Crippen LogP contribution < -0.4 is 0 Å². The Hall–Kier alpha value is -0.510. The van der Waals surface area contributed by atoms with Gasteiger partial charge in [0.2, 0.25) is 0 Å². The molecule has 1 aliphatic heterocycles. The molecule has 1 atom stereocenters. The fraction of sp³-hybridized carbons (Fsp3) is 0.714. The second-order valence-corrected chi connectivity index (χ2v) is 3.41. The van der Waals surface area contributed by atoms with E-state index in [2.05, 4.69) is 0 Å². The molecule has 1 heterocycles. The molecule has 1 fully saturated rings. The van der Waals surface area contributed by atoms with E-state index < -0.39 is 0 Å².